The molecule has 1 N–H and O–H groups in total. The molecule has 0 aliphatic heterocycles. The van der Waals surface area contributed by atoms with Gasteiger partial charge in [0.2, 0.25) is 0 Å². The molecule has 0 amide bonds. The lowest BCUT2D eigenvalue weighted by atomic mass is 9.88. The molecule has 2 rings (SSSR count). The molecule has 1 fully saturated rings. The van der Waals surface area contributed by atoms with Crippen molar-refractivity contribution in [2.75, 3.05) is 0 Å². The van der Waals surface area contributed by atoms with E-state index >= 15 is 0 Å². The molecule has 0 aromatic heterocycles. The third-order valence-corrected chi connectivity index (χ3v) is 3.52. The van der Waals surface area contributed by atoms with E-state index in [9.17, 15) is 9.90 Å². The molecule has 1 aromatic carbocycles. The van der Waals surface area contributed by atoms with E-state index in [2.05, 4.69) is 6.92 Å². The maximum atomic E-state index is 11.2. The van der Waals surface area contributed by atoms with Crippen LogP contribution in [0, 0.1) is 11.3 Å². The highest BCUT2D eigenvalue weighted by atomic mass is 16.4. The first-order valence-corrected chi connectivity index (χ1v) is 5.86. The summed E-state index contributed by atoms with van der Waals surface area (Å²) < 4.78 is 0. The second kappa shape index (κ2) is 4.28. The van der Waals surface area contributed by atoms with E-state index in [1.54, 1.807) is 0 Å². The van der Waals surface area contributed by atoms with Gasteiger partial charge in [0.1, 0.15) is 0 Å². The number of benzene rings is 1. The zero-order valence-corrected chi connectivity index (χ0v) is 9.65. The molecule has 2 nitrogen and oxygen atoms in total. The predicted octanol–water partition coefficient (Wildman–Crippen LogP) is 3.12. The van der Waals surface area contributed by atoms with Gasteiger partial charge in [0.15, 0.2) is 0 Å². The first kappa shape index (κ1) is 11.2. The number of carboxylic acids is 1. The normalized spacial score (nSPS) is 19.1. The molecule has 1 aliphatic rings. The van der Waals surface area contributed by atoms with Crippen LogP contribution in [-0.4, -0.2) is 11.1 Å². The molecule has 16 heavy (non-hydrogen) atoms. The fraction of sp³-hybridized carbons (Fsp3) is 0.500. The monoisotopic (exact) mass is 218 g/mol. The summed E-state index contributed by atoms with van der Waals surface area (Å²) in [7, 11) is 0. The van der Waals surface area contributed by atoms with Crippen molar-refractivity contribution in [1.82, 2.24) is 0 Å². The quantitative estimate of drug-likeness (QED) is 0.824. The summed E-state index contributed by atoms with van der Waals surface area (Å²) in [6.45, 7) is 2.19. The fourth-order valence-corrected chi connectivity index (χ4v) is 2.16. The van der Waals surface area contributed by atoms with Crippen molar-refractivity contribution in [1.29, 1.82) is 0 Å². The third-order valence-electron chi connectivity index (χ3n) is 3.52. The molecular weight excluding hydrogens is 200 g/mol. The Hall–Kier alpha value is -1.31. The van der Waals surface area contributed by atoms with E-state index in [0.29, 0.717) is 11.8 Å². The second-order valence-corrected chi connectivity index (χ2v) is 5.24. The summed E-state index contributed by atoms with van der Waals surface area (Å²) in [5.41, 5.74) is 1.43. The zero-order valence-electron chi connectivity index (χ0n) is 9.65. The van der Waals surface area contributed by atoms with Crippen molar-refractivity contribution < 1.29 is 9.90 Å². The topological polar surface area (TPSA) is 37.3 Å². The van der Waals surface area contributed by atoms with Gasteiger partial charge in [0.25, 0.3) is 0 Å². The van der Waals surface area contributed by atoms with E-state index in [-0.39, 0.29) is 5.92 Å². The first-order chi connectivity index (χ1) is 7.59. The van der Waals surface area contributed by atoms with Crippen LogP contribution in [0.4, 0.5) is 0 Å². The van der Waals surface area contributed by atoms with E-state index in [4.69, 9.17) is 0 Å². The first-order valence-electron chi connectivity index (χ1n) is 5.86. The molecule has 1 aliphatic carbocycles. The van der Waals surface area contributed by atoms with E-state index in [0.717, 1.165) is 12.0 Å². The molecule has 0 spiro atoms. The second-order valence-electron chi connectivity index (χ2n) is 5.24. The summed E-state index contributed by atoms with van der Waals surface area (Å²) in [5, 5.41) is 9.23. The summed E-state index contributed by atoms with van der Waals surface area (Å²) in [6, 6.07) is 9.90. The molecule has 1 atom stereocenters. The van der Waals surface area contributed by atoms with Crippen molar-refractivity contribution in [2.24, 2.45) is 11.3 Å². The Morgan fingerprint density at radius 3 is 2.50 bits per heavy atom. The highest BCUT2D eigenvalue weighted by Crippen LogP contribution is 2.50. The average molecular weight is 218 g/mol. The van der Waals surface area contributed by atoms with Gasteiger partial charge in [0.05, 0.1) is 5.92 Å². The SMILES string of the molecule is CC1(C[C@@H](Cc2ccccc2)C(=O)O)CC1. The molecule has 1 saturated carbocycles. The standard InChI is InChI=1S/C14H18O2/c1-14(7-8-14)10-12(13(15)16)9-11-5-3-2-4-6-11/h2-6,12H,7-10H2,1H3,(H,15,16)/t12-/m1/s1. The van der Waals surface area contributed by atoms with Crippen LogP contribution in [0.1, 0.15) is 31.7 Å². The van der Waals surface area contributed by atoms with Crippen LogP contribution in [0.5, 0.6) is 0 Å². The van der Waals surface area contributed by atoms with Gasteiger partial charge in [-0.3, -0.25) is 4.79 Å². The van der Waals surface area contributed by atoms with Gasteiger partial charge in [-0.15, -0.1) is 0 Å². The van der Waals surface area contributed by atoms with Gasteiger partial charge in [0, 0.05) is 0 Å². The predicted molar refractivity (Wildman–Crippen MR) is 63.2 cm³/mol. The van der Waals surface area contributed by atoms with Crippen molar-refractivity contribution in [3.05, 3.63) is 35.9 Å². The highest BCUT2D eigenvalue weighted by molar-refractivity contribution is 5.70. The van der Waals surface area contributed by atoms with Crippen LogP contribution in [0.3, 0.4) is 0 Å². The Morgan fingerprint density at radius 1 is 1.38 bits per heavy atom. The fourth-order valence-electron chi connectivity index (χ4n) is 2.16. The Balaban J connectivity index is 2.00. The Morgan fingerprint density at radius 2 is 2.00 bits per heavy atom. The maximum Gasteiger partial charge on any atom is 0.306 e. The van der Waals surface area contributed by atoms with Crippen LogP contribution >= 0.6 is 0 Å². The van der Waals surface area contributed by atoms with Crippen molar-refractivity contribution in [3.8, 4) is 0 Å². The van der Waals surface area contributed by atoms with Gasteiger partial charge in [-0.05, 0) is 36.7 Å². The Kier molecular flexibility index (Phi) is 2.99. The lowest BCUT2D eigenvalue weighted by molar-refractivity contribution is -0.142. The van der Waals surface area contributed by atoms with Gasteiger partial charge < -0.3 is 5.11 Å². The number of carbonyl (C=O) groups is 1. The number of hydrogen-bond donors (Lipinski definition) is 1. The van der Waals surface area contributed by atoms with Crippen LogP contribution < -0.4 is 0 Å². The minimum Gasteiger partial charge on any atom is -0.481 e. The van der Waals surface area contributed by atoms with Crippen LogP contribution in [0.15, 0.2) is 30.3 Å². The van der Waals surface area contributed by atoms with E-state index < -0.39 is 5.97 Å². The van der Waals surface area contributed by atoms with Crippen LogP contribution in [0.2, 0.25) is 0 Å². The molecule has 0 heterocycles. The average Bonchev–Trinajstić information content (AvgIpc) is 2.97. The smallest absolute Gasteiger partial charge is 0.306 e. The summed E-state index contributed by atoms with van der Waals surface area (Å²) in [4.78, 5) is 11.2. The minimum atomic E-state index is -0.656. The number of aliphatic carboxylic acids is 1. The molecule has 0 unspecified atom stereocenters. The maximum absolute atomic E-state index is 11.2. The summed E-state index contributed by atoms with van der Waals surface area (Å²) in [5.74, 6) is -0.883. The summed E-state index contributed by atoms with van der Waals surface area (Å²) in [6.07, 6.45) is 3.85. The summed E-state index contributed by atoms with van der Waals surface area (Å²) >= 11 is 0. The minimum absolute atomic E-state index is 0.227. The molecule has 86 valence electrons. The molecule has 0 bridgehead atoms. The van der Waals surface area contributed by atoms with Crippen molar-refractivity contribution in [3.63, 3.8) is 0 Å². The lowest BCUT2D eigenvalue weighted by Crippen LogP contribution is -2.19. The molecule has 1 aromatic rings. The van der Waals surface area contributed by atoms with Gasteiger partial charge in [-0.1, -0.05) is 37.3 Å². The largest absolute Gasteiger partial charge is 0.481 e. The van der Waals surface area contributed by atoms with Crippen molar-refractivity contribution >= 4 is 5.97 Å². The lowest BCUT2D eigenvalue weighted by Gasteiger charge is -2.16. The third kappa shape index (κ3) is 2.84. The number of rotatable bonds is 5. The number of hydrogen-bond acceptors (Lipinski definition) is 1. The van der Waals surface area contributed by atoms with Crippen LogP contribution in [0.25, 0.3) is 0 Å². The van der Waals surface area contributed by atoms with Gasteiger partial charge >= 0.3 is 5.97 Å². The molecule has 0 saturated heterocycles. The van der Waals surface area contributed by atoms with E-state index in [1.165, 1.54) is 12.8 Å². The van der Waals surface area contributed by atoms with Gasteiger partial charge in [-0.25, -0.2) is 0 Å². The number of carboxylic acid groups (broad SMARTS) is 1. The molecule has 2 heteroatoms. The molecular formula is C14H18O2. The zero-order chi connectivity index (χ0) is 11.6. The Bertz CT molecular complexity index is 366. The van der Waals surface area contributed by atoms with Gasteiger partial charge in [-0.2, -0.15) is 0 Å². The molecule has 0 radical (unpaired) electrons. The highest BCUT2D eigenvalue weighted by Gasteiger charge is 2.40. The van der Waals surface area contributed by atoms with Crippen LogP contribution in [-0.2, 0) is 11.2 Å². The Labute approximate surface area is 96.3 Å². The van der Waals surface area contributed by atoms with Crippen molar-refractivity contribution in [2.45, 2.75) is 32.6 Å². The van der Waals surface area contributed by atoms with E-state index in [1.807, 2.05) is 30.3 Å².